The van der Waals surface area contributed by atoms with E-state index in [1.165, 1.54) is 6.21 Å². The molecule has 1 aromatic carbocycles. The number of aryl methyl sites for hydroxylation is 1. The highest BCUT2D eigenvalue weighted by atomic mass is 16.6. The number of carbonyl (C=O) groups excluding carboxylic acids is 2. The van der Waals surface area contributed by atoms with Crippen LogP contribution in [0.5, 0.6) is 0 Å². The summed E-state index contributed by atoms with van der Waals surface area (Å²) >= 11 is 0. The molecule has 0 aliphatic carbocycles. The third-order valence-electron chi connectivity index (χ3n) is 5.59. The van der Waals surface area contributed by atoms with Gasteiger partial charge in [-0.05, 0) is 64.0 Å². The van der Waals surface area contributed by atoms with Crippen LogP contribution in [0.4, 0.5) is 4.79 Å². The van der Waals surface area contributed by atoms with E-state index in [1.54, 1.807) is 20.8 Å². The first kappa shape index (κ1) is 24.0. The molecule has 7 nitrogen and oxygen atoms in total. The Morgan fingerprint density at radius 3 is 2.69 bits per heavy atom. The van der Waals surface area contributed by atoms with Crippen LogP contribution in [0.15, 0.2) is 35.5 Å². The van der Waals surface area contributed by atoms with E-state index < -0.39 is 17.6 Å². The van der Waals surface area contributed by atoms with Crippen LogP contribution < -0.4 is 0 Å². The second kappa shape index (κ2) is 10.8. The van der Waals surface area contributed by atoms with Crippen LogP contribution in [-0.4, -0.2) is 48.3 Å². The van der Waals surface area contributed by atoms with Crippen LogP contribution >= 0.6 is 0 Å². The maximum Gasteiger partial charge on any atom is 0.433 e. The van der Waals surface area contributed by atoms with Gasteiger partial charge >= 0.3 is 12.1 Å². The number of ether oxygens (including phenoxy) is 3. The van der Waals surface area contributed by atoms with Crippen molar-refractivity contribution in [1.82, 2.24) is 4.57 Å². The van der Waals surface area contributed by atoms with Crippen molar-refractivity contribution in [3.05, 3.63) is 36.0 Å². The van der Waals surface area contributed by atoms with Gasteiger partial charge in [0.1, 0.15) is 5.60 Å². The van der Waals surface area contributed by atoms with E-state index in [-0.39, 0.29) is 5.97 Å². The Bertz CT molecular complexity index is 951. The summed E-state index contributed by atoms with van der Waals surface area (Å²) in [7, 11) is 1.97. The largest absolute Gasteiger partial charge is 0.465 e. The molecule has 2 aromatic rings. The van der Waals surface area contributed by atoms with Gasteiger partial charge in [-0.15, -0.1) is 0 Å². The first-order valence-corrected chi connectivity index (χ1v) is 11.3. The zero-order valence-electron chi connectivity index (χ0n) is 19.5. The fraction of sp³-hybridized carbons (Fsp3) is 0.560. The van der Waals surface area contributed by atoms with Crippen LogP contribution in [0, 0.1) is 11.8 Å². The van der Waals surface area contributed by atoms with E-state index in [0.29, 0.717) is 18.9 Å². The van der Waals surface area contributed by atoms with Gasteiger partial charge < -0.3 is 18.8 Å². The molecule has 1 unspecified atom stereocenters. The number of rotatable bonds is 7. The van der Waals surface area contributed by atoms with E-state index >= 15 is 0 Å². The van der Waals surface area contributed by atoms with Crippen molar-refractivity contribution in [2.24, 2.45) is 23.9 Å². The van der Waals surface area contributed by atoms with Crippen LogP contribution in [0.1, 0.15) is 45.6 Å². The molecule has 0 radical (unpaired) electrons. The van der Waals surface area contributed by atoms with Crippen LogP contribution in [0.3, 0.4) is 0 Å². The Kier molecular flexibility index (Phi) is 8.07. The number of aromatic nitrogens is 1. The topological polar surface area (TPSA) is 79.1 Å². The SMILES string of the molecule is Cn1cc(CC(/C=N/C(=O)OC(C)(C)C)C(=O)OCCC2CCOCC2)c2ccccc21. The van der Waals surface area contributed by atoms with Crippen LogP contribution in [-0.2, 0) is 32.5 Å². The van der Waals surface area contributed by atoms with Gasteiger partial charge in [-0.25, -0.2) is 4.79 Å². The fourth-order valence-corrected chi connectivity index (χ4v) is 3.93. The van der Waals surface area contributed by atoms with Gasteiger partial charge in [0.15, 0.2) is 0 Å². The summed E-state index contributed by atoms with van der Waals surface area (Å²) in [5.74, 6) is -0.538. The zero-order valence-corrected chi connectivity index (χ0v) is 19.5. The van der Waals surface area contributed by atoms with E-state index in [2.05, 4.69) is 4.99 Å². The minimum absolute atomic E-state index is 0.357. The van der Waals surface area contributed by atoms with Crippen molar-refractivity contribution in [3.8, 4) is 0 Å². The molecular formula is C25H34N2O5. The summed E-state index contributed by atoms with van der Waals surface area (Å²) in [5.41, 5.74) is 1.44. The third-order valence-corrected chi connectivity index (χ3v) is 5.59. The highest BCUT2D eigenvalue weighted by Gasteiger charge is 2.23. The van der Waals surface area contributed by atoms with Gasteiger partial charge in [-0.1, -0.05) is 18.2 Å². The Labute approximate surface area is 189 Å². The van der Waals surface area contributed by atoms with Crippen molar-refractivity contribution in [3.63, 3.8) is 0 Å². The summed E-state index contributed by atoms with van der Waals surface area (Å²) in [4.78, 5) is 28.9. The average molecular weight is 443 g/mol. The lowest BCUT2D eigenvalue weighted by molar-refractivity contribution is -0.146. The molecule has 3 rings (SSSR count). The molecule has 1 aliphatic heterocycles. The number of hydrogen-bond donors (Lipinski definition) is 0. The smallest absolute Gasteiger partial charge is 0.433 e. The average Bonchev–Trinajstić information content (AvgIpc) is 3.06. The maximum absolute atomic E-state index is 12.9. The Morgan fingerprint density at radius 2 is 1.97 bits per heavy atom. The molecule has 1 fully saturated rings. The second-order valence-corrected chi connectivity index (χ2v) is 9.36. The molecule has 0 bridgehead atoms. The lowest BCUT2D eigenvalue weighted by Crippen LogP contribution is -2.25. The van der Waals surface area contributed by atoms with Gasteiger partial charge in [0.25, 0.3) is 0 Å². The van der Waals surface area contributed by atoms with Crippen molar-refractivity contribution < 1.29 is 23.8 Å². The van der Waals surface area contributed by atoms with Gasteiger partial charge in [-0.3, -0.25) is 4.79 Å². The number of nitrogens with zero attached hydrogens (tertiary/aromatic N) is 2. The number of esters is 1. The fourth-order valence-electron chi connectivity index (χ4n) is 3.93. The van der Waals surface area contributed by atoms with Crippen molar-refractivity contribution in [2.75, 3.05) is 19.8 Å². The number of hydrogen-bond acceptors (Lipinski definition) is 5. The number of fused-ring (bicyclic) bond motifs is 1. The summed E-state index contributed by atoms with van der Waals surface area (Å²) in [6, 6.07) is 8.03. The van der Waals surface area contributed by atoms with Crippen LogP contribution in [0.25, 0.3) is 10.9 Å². The van der Waals surface area contributed by atoms with Gasteiger partial charge in [0, 0.05) is 43.6 Å². The predicted molar refractivity (Wildman–Crippen MR) is 124 cm³/mol. The van der Waals surface area contributed by atoms with Crippen molar-refractivity contribution >= 4 is 29.2 Å². The highest BCUT2D eigenvalue weighted by molar-refractivity contribution is 5.95. The van der Waals surface area contributed by atoms with Crippen LogP contribution in [0.2, 0.25) is 0 Å². The summed E-state index contributed by atoms with van der Waals surface area (Å²) in [6.07, 6.45) is 5.87. The molecule has 1 amide bonds. The third kappa shape index (κ3) is 6.92. The van der Waals surface area contributed by atoms with E-state index in [1.807, 2.05) is 42.1 Å². The number of benzene rings is 1. The molecule has 1 aromatic heterocycles. The summed E-state index contributed by atoms with van der Waals surface area (Å²) in [6.45, 7) is 7.22. The van der Waals surface area contributed by atoms with E-state index in [9.17, 15) is 9.59 Å². The minimum Gasteiger partial charge on any atom is -0.465 e. The Morgan fingerprint density at radius 1 is 1.25 bits per heavy atom. The molecule has 2 heterocycles. The molecule has 1 aliphatic rings. The number of para-hydroxylation sites is 1. The molecule has 0 N–H and O–H groups in total. The molecule has 7 heteroatoms. The molecule has 0 saturated carbocycles. The summed E-state index contributed by atoms with van der Waals surface area (Å²) in [5, 5.41) is 1.07. The van der Waals surface area contributed by atoms with Gasteiger partial charge in [0.2, 0.25) is 0 Å². The second-order valence-electron chi connectivity index (χ2n) is 9.36. The normalized spacial score (nSPS) is 16.4. The molecule has 32 heavy (non-hydrogen) atoms. The molecule has 0 spiro atoms. The maximum atomic E-state index is 12.9. The lowest BCUT2D eigenvalue weighted by atomic mass is 9.97. The molecule has 1 saturated heterocycles. The van der Waals surface area contributed by atoms with Gasteiger partial charge in [0.05, 0.1) is 12.5 Å². The summed E-state index contributed by atoms with van der Waals surface area (Å²) < 4.78 is 18.3. The standard InChI is InChI=1S/C25H34N2O5/c1-25(2,3)32-24(29)26-16-19(23(28)31-14-11-18-9-12-30-13-10-18)15-20-17-27(4)22-8-6-5-7-21(20)22/h5-8,16-19H,9-15H2,1-4H3/b26-16+. The molecule has 174 valence electrons. The quantitative estimate of drug-likeness (QED) is 0.459. The monoisotopic (exact) mass is 442 g/mol. The first-order valence-electron chi connectivity index (χ1n) is 11.3. The first-order chi connectivity index (χ1) is 15.2. The minimum atomic E-state index is -0.713. The molecule has 1 atom stereocenters. The van der Waals surface area contributed by atoms with Crippen molar-refractivity contribution in [2.45, 2.75) is 52.1 Å². The Balaban J connectivity index is 1.70. The highest BCUT2D eigenvalue weighted by Crippen LogP contribution is 2.24. The molecular weight excluding hydrogens is 408 g/mol. The van der Waals surface area contributed by atoms with E-state index in [4.69, 9.17) is 14.2 Å². The number of carbonyl (C=O) groups is 2. The number of aliphatic imine (C=N–C) groups is 1. The zero-order chi connectivity index (χ0) is 23.1. The predicted octanol–water partition coefficient (Wildman–Crippen LogP) is 4.70. The number of amides is 1. The lowest BCUT2D eigenvalue weighted by Gasteiger charge is -2.22. The van der Waals surface area contributed by atoms with Crippen molar-refractivity contribution in [1.29, 1.82) is 0 Å². The van der Waals surface area contributed by atoms with E-state index in [0.717, 1.165) is 48.9 Å². The van der Waals surface area contributed by atoms with Gasteiger partial charge in [-0.2, -0.15) is 4.99 Å². The Hall–Kier alpha value is -2.67.